The molecule has 2 bridgehead atoms. The largest absolute Gasteiger partial charge is 0.493 e. The minimum atomic E-state index is -0.528. The fourth-order valence-electron chi connectivity index (χ4n) is 3.26. The van der Waals surface area contributed by atoms with Crippen molar-refractivity contribution in [1.29, 1.82) is 0 Å². The SMILES string of the molecule is C=CCCC(=O)OC1CC(Oc2ccc(CC=C)cc2OC)C2COC1O2. The Bertz CT molecular complexity index is 685. The zero-order valence-electron chi connectivity index (χ0n) is 15.6. The Morgan fingerprint density at radius 2 is 2.11 bits per heavy atom. The molecule has 2 heterocycles. The molecular formula is C21H26O6. The molecule has 2 saturated heterocycles. The second kappa shape index (κ2) is 9.06. The molecule has 2 aliphatic rings. The van der Waals surface area contributed by atoms with Gasteiger partial charge in [-0.1, -0.05) is 18.2 Å². The monoisotopic (exact) mass is 374 g/mol. The number of benzene rings is 1. The van der Waals surface area contributed by atoms with Gasteiger partial charge in [0.15, 0.2) is 23.9 Å². The third-order valence-corrected chi connectivity index (χ3v) is 4.64. The van der Waals surface area contributed by atoms with E-state index in [0.717, 1.165) is 12.0 Å². The highest BCUT2D eigenvalue weighted by molar-refractivity contribution is 5.69. The topological polar surface area (TPSA) is 63.2 Å². The van der Waals surface area contributed by atoms with Crippen molar-refractivity contribution in [1.82, 2.24) is 0 Å². The number of rotatable bonds is 9. The van der Waals surface area contributed by atoms with Gasteiger partial charge in [0.2, 0.25) is 0 Å². The zero-order valence-corrected chi connectivity index (χ0v) is 15.6. The molecule has 146 valence electrons. The van der Waals surface area contributed by atoms with Crippen molar-refractivity contribution in [3.8, 4) is 11.5 Å². The predicted molar refractivity (Wildman–Crippen MR) is 99.9 cm³/mol. The van der Waals surface area contributed by atoms with Gasteiger partial charge in [-0.2, -0.15) is 0 Å². The van der Waals surface area contributed by atoms with Crippen molar-refractivity contribution in [3.63, 3.8) is 0 Å². The van der Waals surface area contributed by atoms with E-state index in [-0.39, 0.29) is 18.2 Å². The third-order valence-electron chi connectivity index (χ3n) is 4.64. The summed E-state index contributed by atoms with van der Waals surface area (Å²) < 4.78 is 28.6. The fraction of sp³-hybridized carbons (Fsp3) is 0.476. The first-order valence-electron chi connectivity index (χ1n) is 9.16. The summed E-state index contributed by atoms with van der Waals surface area (Å²) in [7, 11) is 1.61. The number of carbonyl (C=O) groups is 1. The Kier molecular flexibility index (Phi) is 6.53. The van der Waals surface area contributed by atoms with Crippen LogP contribution in [-0.2, 0) is 25.4 Å². The summed E-state index contributed by atoms with van der Waals surface area (Å²) in [6, 6.07) is 5.79. The Hall–Kier alpha value is -2.31. The number of esters is 1. The number of methoxy groups -OCH3 is 1. The van der Waals surface area contributed by atoms with Gasteiger partial charge in [-0.3, -0.25) is 4.79 Å². The number of carbonyl (C=O) groups excluding carboxylic acids is 1. The van der Waals surface area contributed by atoms with Crippen molar-refractivity contribution in [2.24, 2.45) is 0 Å². The maximum atomic E-state index is 12.0. The second-order valence-corrected chi connectivity index (χ2v) is 6.60. The number of hydrogen-bond donors (Lipinski definition) is 0. The highest BCUT2D eigenvalue weighted by atomic mass is 16.8. The molecule has 2 fully saturated rings. The van der Waals surface area contributed by atoms with Gasteiger partial charge < -0.3 is 23.7 Å². The van der Waals surface area contributed by atoms with Gasteiger partial charge in [-0.25, -0.2) is 0 Å². The molecule has 0 saturated carbocycles. The van der Waals surface area contributed by atoms with Crippen molar-refractivity contribution >= 4 is 5.97 Å². The Morgan fingerprint density at radius 3 is 2.85 bits per heavy atom. The molecule has 0 radical (unpaired) electrons. The molecule has 6 heteroatoms. The smallest absolute Gasteiger partial charge is 0.306 e. The number of hydrogen-bond acceptors (Lipinski definition) is 6. The van der Waals surface area contributed by atoms with Crippen molar-refractivity contribution in [2.75, 3.05) is 13.7 Å². The number of allylic oxidation sites excluding steroid dienone is 2. The summed E-state index contributed by atoms with van der Waals surface area (Å²) in [6.07, 6.45) is 4.15. The molecule has 0 aliphatic carbocycles. The lowest BCUT2D eigenvalue weighted by atomic mass is 10.0. The molecule has 3 rings (SSSR count). The molecule has 1 aromatic rings. The lowest BCUT2D eigenvalue weighted by Gasteiger charge is -2.33. The maximum absolute atomic E-state index is 12.0. The third kappa shape index (κ3) is 4.70. The van der Waals surface area contributed by atoms with E-state index in [0.29, 0.717) is 37.4 Å². The van der Waals surface area contributed by atoms with Crippen LogP contribution in [0, 0.1) is 0 Å². The summed E-state index contributed by atoms with van der Waals surface area (Å²) in [5.74, 6) is 0.985. The Balaban J connectivity index is 1.68. The van der Waals surface area contributed by atoms with E-state index in [1.54, 1.807) is 13.2 Å². The van der Waals surface area contributed by atoms with Crippen LogP contribution in [0.2, 0.25) is 0 Å². The molecular weight excluding hydrogens is 348 g/mol. The van der Waals surface area contributed by atoms with Gasteiger partial charge in [0, 0.05) is 12.8 Å². The predicted octanol–water partition coefficient (Wildman–Crippen LogP) is 3.19. The summed E-state index contributed by atoms with van der Waals surface area (Å²) in [5.41, 5.74) is 1.09. The molecule has 4 unspecified atom stereocenters. The minimum absolute atomic E-state index is 0.198. The van der Waals surface area contributed by atoms with Gasteiger partial charge >= 0.3 is 5.97 Å². The summed E-state index contributed by atoms with van der Waals surface area (Å²) in [4.78, 5) is 12.0. The lowest BCUT2D eigenvalue weighted by Crippen LogP contribution is -2.46. The van der Waals surface area contributed by atoms with E-state index >= 15 is 0 Å². The van der Waals surface area contributed by atoms with Crippen LogP contribution in [0.15, 0.2) is 43.5 Å². The van der Waals surface area contributed by atoms with Crippen LogP contribution in [0.3, 0.4) is 0 Å². The summed E-state index contributed by atoms with van der Waals surface area (Å²) in [5, 5.41) is 0. The van der Waals surface area contributed by atoms with Crippen LogP contribution < -0.4 is 9.47 Å². The fourth-order valence-corrected chi connectivity index (χ4v) is 3.26. The molecule has 27 heavy (non-hydrogen) atoms. The van der Waals surface area contributed by atoms with Crippen molar-refractivity contribution in [3.05, 3.63) is 49.1 Å². The molecule has 0 N–H and O–H groups in total. The van der Waals surface area contributed by atoms with E-state index < -0.39 is 12.4 Å². The highest BCUT2D eigenvalue weighted by Gasteiger charge is 2.47. The first kappa shape index (κ1) is 19.5. The second-order valence-electron chi connectivity index (χ2n) is 6.60. The average molecular weight is 374 g/mol. The molecule has 6 nitrogen and oxygen atoms in total. The number of ether oxygens (including phenoxy) is 5. The lowest BCUT2D eigenvalue weighted by molar-refractivity contribution is -0.200. The van der Waals surface area contributed by atoms with Gasteiger partial charge in [0.25, 0.3) is 0 Å². The maximum Gasteiger partial charge on any atom is 0.306 e. The normalized spacial score (nSPS) is 26.3. The van der Waals surface area contributed by atoms with E-state index in [2.05, 4.69) is 13.2 Å². The van der Waals surface area contributed by atoms with Crippen LogP contribution in [0.1, 0.15) is 24.8 Å². The van der Waals surface area contributed by atoms with Gasteiger partial charge in [-0.15, -0.1) is 13.2 Å². The van der Waals surface area contributed by atoms with Crippen LogP contribution >= 0.6 is 0 Å². The minimum Gasteiger partial charge on any atom is -0.493 e. The van der Waals surface area contributed by atoms with E-state index in [1.807, 2.05) is 24.3 Å². The van der Waals surface area contributed by atoms with E-state index in [4.69, 9.17) is 23.7 Å². The standard InChI is InChI=1S/C21H26O6/c1-4-6-8-20(22)26-18-12-17(19-13-24-21(18)27-19)25-15-10-9-14(7-5-2)11-16(15)23-3/h4-5,9-11,17-19,21H,1-2,6-8,12-13H2,3H3. The highest BCUT2D eigenvalue weighted by Crippen LogP contribution is 2.36. The first-order chi connectivity index (χ1) is 13.1. The summed E-state index contributed by atoms with van der Waals surface area (Å²) in [6.45, 7) is 7.78. The van der Waals surface area contributed by atoms with Gasteiger partial charge in [0.05, 0.1) is 13.7 Å². The quantitative estimate of drug-likeness (QED) is 0.489. The molecule has 0 spiro atoms. The zero-order chi connectivity index (χ0) is 19.2. The van der Waals surface area contributed by atoms with Crippen molar-refractivity contribution < 1.29 is 28.5 Å². The molecule has 4 atom stereocenters. The number of fused-ring (bicyclic) bond motifs is 2. The Morgan fingerprint density at radius 1 is 1.26 bits per heavy atom. The van der Waals surface area contributed by atoms with Crippen LogP contribution in [0.4, 0.5) is 0 Å². The molecule has 2 aliphatic heterocycles. The van der Waals surface area contributed by atoms with Crippen LogP contribution in [0.25, 0.3) is 0 Å². The summed E-state index contributed by atoms with van der Waals surface area (Å²) >= 11 is 0. The average Bonchev–Trinajstić information content (AvgIpc) is 3.10. The Labute approximate surface area is 159 Å². The van der Waals surface area contributed by atoms with E-state index in [1.165, 1.54) is 0 Å². The first-order valence-corrected chi connectivity index (χ1v) is 9.16. The van der Waals surface area contributed by atoms with Gasteiger partial charge in [0.1, 0.15) is 12.2 Å². The van der Waals surface area contributed by atoms with Crippen LogP contribution in [0.5, 0.6) is 11.5 Å². The van der Waals surface area contributed by atoms with E-state index in [9.17, 15) is 4.79 Å². The molecule has 1 aromatic carbocycles. The molecule has 0 aromatic heterocycles. The molecule has 0 amide bonds. The van der Waals surface area contributed by atoms with Gasteiger partial charge in [-0.05, 0) is 30.5 Å². The van der Waals surface area contributed by atoms with Crippen molar-refractivity contribution in [2.45, 2.75) is 50.3 Å². The van der Waals surface area contributed by atoms with Crippen LogP contribution in [-0.4, -0.2) is 44.3 Å².